The van der Waals surface area contributed by atoms with Crippen molar-refractivity contribution < 1.29 is 14.3 Å². The third-order valence-corrected chi connectivity index (χ3v) is 5.86. The molecule has 0 aromatic rings. The minimum Gasteiger partial charge on any atom is -0.478 e. The number of halogens is 1. The molecule has 0 fully saturated rings. The van der Waals surface area contributed by atoms with E-state index in [0.717, 1.165) is 38.5 Å². The van der Waals surface area contributed by atoms with E-state index in [4.69, 9.17) is 0 Å². The fourth-order valence-corrected chi connectivity index (χ4v) is 3.85. The molecule has 0 aliphatic heterocycles. The maximum Gasteiger partial charge on any atom is 0.334 e. The first kappa shape index (κ1) is 27.1. The van der Waals surface area contributed by atoms with Gasteiger partial charge in [-0.25, -0.2) is 9.18 Å². The van der Waals surface area contributed by atoms with Gasteiger partial charge in [0.15, 0.2) is 0 Å². The number of unbranched alkanes of at least 4 members (excludes halogenated alkanes) is 14. The Bertz CT molecular complexity index is 405. The van der Waals surface area contributed by atoms with Gasteiger partial charge in [-0.15, -0.1) is 0 Å². The van der Waals surface area contributed by atoms with E-state index in [9.17, 15) is 9.90 Å². The summed E-state index contributed by atoms with van der Waals surface area (Å²) >= 11 is 0. The number of rotatable bonds is 20. The van der Waals surface area contributed by atoms with Gasteiger partial charge < -0.3 is 5.11 Å². The molecule has 0 rings (SSSR count). The monoisotopic (exact) mass is 398 g/mol. The molecule has 2 nitrogen and oxygen atoms in total. The van der Waals surface area contributed by atoms with E-state index in [1.165, 1.54) is 57.8 Å². The number of aliphatic carboxylic acids is 1. The van der Waals surface area contributed by atoms with Gasteiger partial charge in [0, 0.05) is 0 Å². The second-order valence-corrected chi connectivity index (χ2v) is 8.38. The quantitative estimate of drug-likeness (QED) is 0.164. The maximum absolute atomic E-state index is 15.2. The first-order valence-electron chi connectivity index (χ1n) is 12.1. The Kier molecular flexibility index (Phi) is 17.6. The van der Waals surface area contributed by atoms with Crippen molar-refractivity contribution in [3.63, 3.8) is 0 Å². The highest BCUT2D eigenvalue weighted by molar-refractivity contribution is 5.88. The van der Waals surface area contributed by atoms with Crippen molar-refractivity contribution >= 4 is 5.97 Å². The number of alkyl halides is 1. The SMILES string of the molecule is CCCCCCCCCCCCCC=C(C(=O)O)C(F)(CC)CCCCCC. The summed E-state index contributed by atoms with van der Waals surface area (Å²) in [5, 5.41) is 9.51. The fourth-order valence-electron chi connectivity index (χ4n) is 3.85. The molecule has 0 saturated carbocycles. The van der Waals surface area contributed by atoms with Crippen LogP contribution in [-0.4, -0.2) is 16.7 Å². The average Bonchev–Trinajstić information content (AvgIpc) is 2.68. The van der Waals surface area contributed by atoms with Crippen LogP contribution >= 0.6 is 0 Å². The fraction of sp³-hybridized carbons (Fsp3) is 0.880. The zero-order valence-corrected chi connectivity index (χ0v) is 19.0. The number of carboxylic acid groups (broad SMARTS) is 1. The van der Waals surface area contributed by atoms with Crippen LogP contribution < -0.4 is 0 Å². The summed E-state index contributed by atoms with van der Waals surface area (Å²) in [6.45, 7) is 6.13. The summed E-state index contributed by atoms with van der Waals surface area (Å²) in [6.07, 6.45) is 20.8. The van der Waals surface area contributed by atoms with Crippen LogP contribution in [-0.2, 0) is 4.79 Å². The van der Waals surface area contributed by atoms with E-state index in [2.05, 4.69) is 13.8 Å². The summed E-state index contributed by atoms with van der Waals surface area (Å²) in [6, 6.07) is 0. The number of allylic oxidation sites excluding steroid dienone is 1. The second kappa shape index (κ2) is 18.2. The molecule has 0 aromatic carbocycles. The van der Waals surface area contributed by atoms with Crippen LogP contribution in [0.2, 0.25) is 0 Å². The van der Waals surface area contributed by atoms with Gasteiger partial charge in [-0.05, 0) is 32.1 Å². The van der Waals surface area contributed by atoms with Gasteiger partial charge in [0.2, 0.25) is 0 Å². The molecule has 0 radical (unpaired) electrons. The molecule has 1 atom stereocenters. The lowest BCUT2D eigenvalue weighted by atomic mass is 9.86. The predicted octanol–water partition coefficient (Wildman–Crippen LogP) is 8.79. The second-order valence-electron chi connectivity index (χ2n) is 8.38. The van der Waals surface area contributed by atoms with Crippen molar-refractivity contribution in [3.8, 4) is 0 Å². The largest absolute Gasteiger partial charge is 0.478 e. The maximum atomic E-state index is 15.2. The van der Waals surface area contributed by atoms with E-state index in [0.29, 0.717) is 12.8 Å². The summed E-state index contributed by atoms with van der Waals surface area (Å²) in [5.41, 5.74) is -1.67. The molecule has 0 aromatic heterocycles. The first-order chi connectivity index (χ1) is 13.5. The van der Waals surface area contributed by atoms with Crippen molar-refractivity contribution in [1.82, 2.24) is 0 Å². The lowest BCUT2D eigenvalue weighted by molar-refractivity contribution is -0.134. The van der Waals surface area contributed by atoms with Crippen molar-refractivity contribution in [1.29, 1.82) is 0 Å². The van der Waals surface area contributed by atoms with Gasteiger partial charge in [0.1, 0.15) is 5.67 Å². The van der Waals surface area contributed by atoms with Crippen molar-refractivity contribution in [2.24, 2.45) is 0 Å². The van der Waals surface area contributed by atoms with Crippen molar-refractivity contribution in [2.75, 3.05) is 0 Å². The first-order valence-corrected chi connectivity index (χ1v) is 12.1. The third kappa shape index (κ3) is 13.3. The Morgan fingerprint density at radius 1 is 0.750 bits per heavy atom. The van der Waals surface area contributed by atoms with Crippen LogP contribution in [0.15, 0.2) is 11.6 Å². The standard InChI is InChI=1S/C25H47FO2/c1-4-7-9-11-12-13-14-15-16-17-18-19-21-23(24(27)28)25(26,6-3)22-20-10-8-5-2/h21H,4-20,22H2,1-3H3,(H,27,28). The predicted molar refractivity (Wildman–Crippen MR) is 120 cm³/mol. The van der Waals surface area contributed by atoms with Gasteiger partial charge in [-0.2, -0.15) is 0 Å². The third-order valence-electron chi connectivity index (χ3n) is 5.86. The molecule has 28 heavy (non-hydrogen) atoms. The Balaban J connectivity index is 4.08. The number of carboxylic acids is 1. The van der Waals surface area contributed by atoms with Gasteiger partial charge in [-0.3, -0.25) is 0 Å². The van der Waals surface area contributed by atoms with Crippen LogP contribution in [0.4, 0.5) is 4.39 Å². The Hall–Kier alpha value is -0.860. The van der Waals surface area contributed by atoms with E-state index in [1.54, 1.807) is 13.0 Å². The highest BCUT2D eigenvalue weighted by Crippen LogP contribution is 2.33. The van der Waals surface area contributed by atoms with Gasteiger partial charge in [0.25, 0.3) is 0 Å². The lowest BCUT2D eigenvalue weighted by Crippen LogP contribution is -2.29. The molecule has 1 unspecified atom stereocenters. The molecule has 0 aliphatic carbocycles. The molecule has 0 aliphatic rings. The smallest absolute Gasteiger partial charge is 0.334 e. The Morgan fingerprint density at radius 3 is 1.61 bits per heavy atom. The summed E-state index contributed by atoms with van der Waals surface area (Å²) in [5.74, 6) is -1.08. The lowest BCUT2D eigenvalue weighted by Gasteiger charge is -2.25. The normalized spacial score (nSPS) is 14.2. The molecule has 0 bridgehead atoms. The van der Waals surface area contributed by atoms with Crippen LogP contribution in [0, 0.1) is 0 Å². The zero-order valence-electron chi connectivity index (χ0n) is 19.0. The summed E-state index contributed by atoms with van der Waals surface area (Å²) in [4.78, 5) is 11.6. The van der Waals surface area contributed by atoms with Gasteiger partial charge in [0.05, 0.1) is 5.57 Å². The Labute approximate surface area is 174 Å². The van der Waals surface area contributed by atoms with Crippen LogP contribution in [0.5, 0.6) is 0 Å². The Morgan fingerprint density at radius 2 is 1.18 bits per heavy atom. The molecule has 0 heterocycles. The van der Waals surface area contributed by atoms with Crippen molar-refractivity contribution in [3.05, 3.63) is 11.6 Å². The van der Waals surface area contributed by atoms with Crippen LogP contribution in [0.25, 0.3) is 0 Å². The molecule has 1 N–H and O–H groups in total. The molecular weight excluding hydrogens is 351 g/mol. The molecule has 0 saturated heterocycles. The van der Waals surface area contributed by atoms with Crippen LogP contribution in [0.1, 0.15) is 136 Å². The van der Waals surface area contributed by atoms with Gasteiger partial charge in [-0.1, -0.05) is 110 Å². The zero-order chi connectivity index (χ0) is 21.1. The average molecular weight is 399 g/mol. The van der Waals surface area contributed by atoms with E-state index in [1.807, 2.05) is 0 Å². The highest BCUT2D eigenvalue weighted by Gasteiger charge is 2.35. The summed E-state index contributed by atoms with van der Waals surface area (Å²) in [7, 11) is 0. The topological polar surface area (TPSA) is 37.3 Å². The van der Waals surface area contributed by atoms with E-state index < -0.39 is 11.6 Å². The number of hydrogen-bond acceptors (Lipinski definition) is 1. The van der Waals surface area contributed by atoms with E-state index >= 15 is 4.39 Å². The van der Waals surface area contributed by atoms with Gasteiger partial charge >= 0.3 is 5.97 Å². The minimum atomic E-state index is -1.67. The molecule has 0 amide bonds. The molecule has 0 spiro atoms. The van der Waals surface area contributed by atoms with E-state index in [-0.39, 0.29) is 12.0 Å². The number of hydrogen-bond donors (Lipinski definition) is 1. The molecule has 166 valence electrons. The molecule has 3 heteroatoms. The molecular formula is C25H47FO2. The highest BCUT2D eigenvalue weighted by atomic mass is 19.1. The number of carbonyl (C=O) groups is 1. The van der Waals surface area contributed by atoms with Crippen LogP contribution in [0.3, 0.4) is 0 Å². The summed E-state index contributed by atoms with van der Waals surface area (Å²) < 4.78 is 15.2. The minimum absolute atomic E-state index is 0.00132. The van der Waals surface area contributed by atoms with Crippen molar-refractivity contribution in [2.45, 2.75) is 142 Å².